The van der Waals surface area contributed by atoms with Crippen LogP contribution in [-0.4, -0.2) is 19.6 Å². The Balaban J connectivity index is 2.00. The highest BCUT2D eigenvalue weighted by Gasteiger charge is 2.16. The standard InChI is InChI=1S/C16H18ClN5/c1-10(2)13-9-18-15-14(20-16(17)21-22(13)15)19-11(3)12-7-5-4-6-8-12/h4-11H,1-3H3,(H,19,20,21). The summed E-state index contributed by atoms with van der Waals surface area (Å²) in [6, 6.07) is 10.3. The molecular weight excluding hydrogens is 298 g/mol. The first kappa shape index (κ1) is 14.8. The molecular formula is C16H18ClN5. The Hall–Kier alpha value is -2.14. The number of imidazole rings is 1. The first-order valence-electron chi connectivity index (χ1n) is 7.29. The molecule has 6 heteroatoms. The predicted molar refractivity (Wildman–Crippen MR) is 88.4 cm³/mol. The molecule has 0 saturated carbocycles. The van der Waals surface area contributed by atoms with E-state index < -0.39 is 0 Å². The van der Waals surface area contributed by atoms with Gasteiger partial charge in [-0.3, -0.25) is 0 Å². The van der Waals surface area contributed by atoms with Gasteiger partial charge in [0.15, 0.2) is 11.5 Å². The Labute approximate surface area is 134 Å². The quantitative estimate of drug-likeness (QED) is 0.788. The molecule has 0 bridgehead atoms. The van der Waals surface area contributed by atoms with Gasteiger partial charge in [0, 0.05) is 0 Å². The van der Waals surface area contributed by atoms with E-state index in [0.717, 1.165) is 5.69 Å². The van der Waals surface area contributed by atoms with E-state index in [2.05, 4.69) is 53.3 Å². The van der Waals surface area contributed by atoms with Crippen molar-refractivity contribution in [2.45, 2.75) is 32.7 Å². The monoisotopic (exact) mass is 315 g/mol. The van der Waals surface area contributed by atoms with Crippen LogP contribution in [0, 0.1) is 0 Å². The van der Waals surface area contributed by atoms with Crippen LogP contribution in [0.1, 0.15) is 44.0 Å². The van der Waals surface area contributed by atoms with Crippen molar-refractivity contribution in [3.63, 3.8) is 0 Å². The summed E-state index contributed by atoms with van der Waals surface area (Å²) in [6.45, 7) is 6.27. The maximum Gasteiger partial charge on any atom is 0.243 e. The molecule has 22 heavy (non-hydrogen) atoms. The fraction of sp³-hybridized carbons (Fsp3) is 0.312. The largest absolute Gasteiger partial charge is 0.360 e. The summed E-state index contributed by atoms with van der Waals surface area (Å²) in [7, 11) is 0. The van der Waals surface area contributed by atoms with Crippen LogP contribution >= 0.6 is 11.6 Å². The third-order valence-corrected chi connectivity index (χ3v) is 3.77. The van der Waals surface area contributed by atoms with Crippen LogP contribution in [0.15, 0.2) is 36.5 Å². The Morgan fingerprint density at radius 2 is 1.86 bits per heavy atom. The van der Waals surface area contributed by atoms with E-state index >= 15 is 0 Å². The minimum Gasteiger partial charge on any atom is -0.360 e. The SMILES string of the molecule is CC(C)c1cnc2c(NC(C)c3ccccc3)nc(Cl)nn12. The predicted octanol–water partition coefficient (Wildman–Crippen LogP) is 4.07. The first-order chi connectivity index (χ1) is 10.6. The van der Waals surface area contributed by atoms with Gasteiger partial charge in [-0.2, -0.15) is 4.98 Å². The summed E-state index contributed by atoms with van der Waals surface area (Å²) in [4.78, 5) is 8.74. The number of aromatic nitrogens is 4. The molecule has 1 aromatic carbocycles. The summed E-state index contributed by atoms with van der Waals surface area (Å²) >= 11 is 6.08. The summed E-state index contributed by atoms with van der Waals surface area (Å²) in [5.41, 5.74) is 2.87. The number of nitrogens with zero attached hydrogens (tertiary/aromatic N) is 4. The van der Waals surface area contributed by atoms with Crippen LogP contribution in [0.25, 0.3) is 5.65 Å². The summed E-state index contributed by atoms with van der Waals surface area (Å²) in [5.74, 6) is 0.948. The Kier molecular flexibility index (Phi) is 3.98. The smallest absolute Gasteiger partial charge is 0.243 e. The van der Waals surface area contributed by atoms with Crippen LogP contribution in [-0.2, 0) is 0 Å². The number of hydrogen-bond acceptors (Lipinski definition) is 4. The van der Waals surface area contributed by atoms with Gasteiger partial charge in [-0.1, -0.05) is 44.2 Å². The first-order valence-corrected chi connectivity index (χ1v) is 7.66. The maximum atomic E-state index is 6.08. The molecule has 0 fully saturated rings. The average molecular weight is 316 g/mol. The van der Waals surface area contributed by atoms with E-state index in [9.17, 15) is 0 Å². The van der Waals surface area contributed by atoms with Crippen molar-refractivity contribution >= 4 is 23.1 Å². The Morgan fingerprint density at radius 1 is 1.14 bits per heavy atom. The lowest BCUT2D eigenvalue weighted by atomic mass is 10.1. The second-order valence-electron chi connectivity index (χ2n) is 5.58. The van der Waals surface area contributed by atoms with E-state index in [1.165, 1.54) is 5.56 Å². The number of halogens is 1. The molecule has 0 saturated heterocycles. The van der Waals surface area contributed by atoms with E-state index in [1.807, 2.05) is 24.4 Å². The molecule has 5 nitrogen and oxygen atoms in total. The van der Waals surface area contributed by atoms with Gasteiger partial charge in [0.05, 0.1) is 17.9 Å². The van der Waals surface area contributed by atoms with Gasteiger partial charge in [0.1, 0.15) is 0 Å². The number of nitrogens with one attached hydrogen (secondary N) is 1. The second kappa shape index (κ2) is 5.93. The van der Waals surface area contributed by atoms with Crippen LogP contribution in [0.2, 0.25) is 5.28 Å². The van der Waals surface area contributed by atoms with Crippen molar-refractivity contribution < 1.29 is 0 Å². The molecule has 0 spiro atoms. The highest BCUT2D eigenvalue weighted by Crippen LogP contribution is 2.24. The molecule has 0 aliphatic carbocycles. The maximum absolute atomic E-state index is 6.08. The number of hydrogen-bond donors (Lipinski definition) is 1. The molecule has 1 atom stereocenters. The van der Waals surface area contributed by atoms with E-state index in [1.54, 1.807) is 4.52 Å². The van der Waals surface area contributed by atoms with Gasteiger partial charge < -0.3 is 5.32 Å². The molecule has 1 N–H and O–H groups in total. The van der Waals surface area contributed by atoms with Crippen molar-refractivity contribution in [2.24, 2.45) is 0 Å². The summed E-state index contributed by atoms with van der Waals surface area (Å²) in [5, 5.41) is 7.85. The minimum absolute atomic E-state index is 0.0927. The lowest BCUT2D eigenvalue weighted by Crippen LogP contribution is -2.11. The molecule has 1 unspecified atom stereocenters. The van der Waals surface area contributed by atoms with Gasteiger partial charge in [-0.25, -0.2) is 9.50 Å². The van der Waals surface area contributed by atoms with Crippen LogP contribution in [0.4, 0.5) is 5.82 Å². The molecule has 3 rings (SSSR count). The fourth-order valence-electron chi connectivity index (χ4n) is 2.39. The van der Waals surface area contributed by atoms with Crippen LogP contribution in [0.5, 0.6) is 0 Å². The molecule has 0 aliphatic rings. The lowest BCUT2D eigenvalue weighted by molar-refractivity contribution is 0.749. The summed E-state index contributed by atoms with van der Waals surface area (Å²) < 4.78 is 1.76. The topological polar surface area (TPSA) is 55.1 Å². The zero-order chi connectivity index (χ0) is 15.7. The van der Waals surface area contributed by atoms with Crippen LogP contribution in [0.3, 0.4) is 0 Å². The van der Waals surface area contributed by atoms with Gasteiger partial charge >= 0.3 is 0 Å². The molecule has 0 aliphatic heterocycles. The normalized spacial score (nSPS) is 12.8. The third-order valence-electron chi connectivity index (χ3n) is 3.61. The number of benzene rings is 1. The molecule has 0 radical (unpaired) electrons. The van der Waals surface area contributed by atoms with Gasteiger partial charge in [0.2, 0.25) is 5.28 Å². The van der Waals surface area contributed by atoms with Crippen molar-refractivity contribution in [2.75, 3.05) is 5.32 Å². The second-order valence-corrected chi connectivity index (χ2v) is 5.92. The lowest BCUT2D eigenvalue weighted by Gasteiger charge is -2.15. The molecule has 0 amide bonds. The summed E-state index contributed by atoms with van der Waals surface area (Å²) in [6.07, 6.45) is 1.82. The molecule has 2 heterocycles. The van der Waals surface area contributed by atoms with Crippen molar-refractivity contribution in [3.8, 4) is 0 Å². The molecule has 114 valence electrons. The van der Waals surface area contributed by atoms with Crippen molar-refractivity contribution in [3.05, 3.63) is 53.1 Å². The zero-order valence-corrected chi connectivity index (χ0v) is 13.5. The number of fused-ring (bicyclic) bond motifs is 1. The average Bonchev–Trinajstić information content (AvgIpc) is 2.92. The fourth-order valence-corrected chi connectivity index (χ4v) is 2.55. The van der Waals surface area contributed by atoms with Gasteiger partial charge in [-0.05, 0) is 30.0 Å². The highest BCUT2D eigenvalue weighted by molar-refractivity contribution is 6.28. The molecule has 3 aromatic rings. The number of rotatable bonds is 4. The Morgan fingerprint density at radius 3 is 2.55 bits per heavy atom. The van der Waals surface area contributed by atoms with Gasteiger partial charge in [0.25, 0.3) is 0 Å². The highest BCUT2D eigenvalue weighted by atomic mass is 35.5. The van der Waals surface area contributed by atoms with Crippen molar-refractivity contribution in [1.29, 1.82) is 0 Å². The van der Waals surface area contributed by atoms with E-state index in [-0.39, 0.29) is 11.3 Å². The molecule has 2 aromatic heterocycles. The van der Waals surface area contributed by atoms with Crippen LogP contribution < -0.4 is 5.32 Å². The number of anilines is 1. The Bertz CT molecular complexity index is 782. The minimum atomic E-state index is 0.0927. The van der Waals surface area contributed by atoms with Gasteiger partial charge in [-0.15, -0.1) is 5.10 Å². The van der Waals surface area contributed by atoms with Crippen molar-refractivity contribution in [1.82, 2.24) is 19.6 Å². The van der Waals surface area contributed by atoms with E-state index in [0.29, 0.717) is 17.4 Å². The zero-order valence-electron chi connectivity index (χ0n) is 12.8. The third kappa shape index (κ3) is 2.76. The van der Waals surface area contributed by atoms with E-state index in [4.69, 9.17) is 11.6 Å².